The number of likely N-dealkylation sites (N-methyl/N-ethyl adjacent to an activating group) is 1. The van der Waals surface area contributed by atoms with Crippen LogP contribution >= 0.6 is 0 Å². The highest BCUT2D eigenvalue weighted by atomic mass is 16.5. The minimum Gasteiger partial charge on any atom is -0.496 e. The third kappa shape index (κ3) is 2.94. The van der Waals surface area contributed by atoms with Crippen molar-refractivity contribution in [1.29, 1.82) is 0 Å². The molecular formula is C18H20N6O2. The monoisotopic (exact) mass is 352 g/mol. The minimum atomic E-state index is 0.0846. The number of ether oxygens (including phenoxy) is 1. The first-order chi connectivity index (χ1) is 12.7. The maximum atomic E-state index is 12.6. The van der Waals surface area contributed by atoms with Crippen molar-refractivity contribution < 1.29 is 9.53 Å². The van der Waals surface area contributed by atoms with Crippen LogP contribution in [-0.4, -0.2) is 63.9 Å². The summed E-state index contributed by atoms with van der Waals surface area (Å²) in [5, 5.41) is 12.3. The molecule has 0 N–H and O–H groups in total. The van der Waals surface area contributed by atoms with Gasteiger partial charge in [0.25, 0.3) is 0 Å². The minimum absolute atomic E-state index is 0.0846. The smallest absolute Gasteiger partial charge is 0.227 e. The molecule has 26 heavy (non-hydrogen) atoms. The first-order valence-corrected chi connectivity index (χ1v) is 8.45. The van der Waals surface area contributed by atoms with Crippen LogP contribution in [0, 0.1) is 0 Å². The van der Waals surface area contributed by atoms with Gasteiger partial charge in [-0.05, 0) is 18.2 Å². The van der Waals surface area contributed by atoms with Crippen molar-refractivity contribution in [2.75, 3.05) is 32.1 Å². The Morgan fingerprint density at radius 3 is 2.88 bits per heavy atom. The van der Waals surface area contributed by atoms with Crippen LogP contribution in [0.15, 0.2) is 42.7 Å². The predicted octanol–water partition coefficient (Wildman–Crippen LogP) is 1.02. The number of fused-ring (bicyclic) bond motifs is 1. The standard InChI is InChI=1S/C18H20N6O2/c1-22(18(25)9-13-5-3-4-6-15(13)26-2)14-10-23(11-14)17-8-7-16-20-19-12-24(16)21-17/h3-8,12,14H,9-11H2,1-2H3. The molecule has 1 aromatic carbocycles. The molecule has 0 bridgehead atoms. The number of hydrogen-bond donors (Lipinski definition) is 0. The summed E-state index contributed by atoms with van der Waals surface area (Å²) in [6, 6.07) is 11.6. The Morgan fingerprint density at radius 1 is 1.27 bits per heavy atom. The van der Waals surface area contributed by atoms with Gasteiger partial charge in [-0.25, -0.2) is 0 Å². The molecule has 0 unspecified atom stereocenters. The van der Waals surface area contributed by atoms with E-state index < -0.39 is 0 Å². The van der Waals surface area contributed by atoms with Gasteiger partial charge >= 0.3 is 0 Å². The molecule has 2 aromatic heterocycles. The summed E-state index contributed by atoms with van der Waals surface area (Å²) >= 11 is 0. The number of rotatable bonds is 5. The lowest BCUT2D eigenvalue weighted by Crippen LogP contribution is -2.60. The molecule has 1 fully saturated rings. The molecule has 8 nitrogen and oxygen atoms in total. The van der Waals surface area contributed by atoms with E-state index in [1.54, 1.807) is 18.0 Å². The van der Waals surface area contributed by atoms with Crippen molar-refractivity contribution in [2.24, 2.45) is 0 Å². The van der Waals surface area contributed by atoms with Crippen molar-refractivity contribution in [3.8, 4) is 5.75 Å². The van der Waals surface area contributed by atoms with Gasteiger partial charge < -0.3 is 14.5 Å². The second-order valence-electron chi connectivity index (χ2n) is 6.38. The quantitative estimate of drug-likeness (QED) is 0.682. The predicted molar refractivity (Wildman–Crippen MR) is 96.3 cm³/mol. The second-order valence-corrected chi connectivity index (χ2v) is 6.38. The summed E-state index contributed by atoms with van der Waals surface area (Å²) in [7, 11) is 3.48. The van der Waals surface area contributed by atoms with Crippen LogP contribution in [0.3, 0.4) is 0 Å². The van der Waals surface area contributed by atoms with Crippen LogP contribution < -0.4 is 9.64 Å². The van der Waals surface area contributed by atoms with E-state index in [0.29, 0.717) is 6.42 Å². The SMILES string of the molecule is COc1ccccc1CC(=O)N(C)C1CN(c2ccc3nncn3n2)C1. The third-order valence-corrected chi connectivity index (χ3v) is 4.81. The van der Waals surface area contributed by atoms with Crippen LogP contribution in [0.5, 0.6) is 5.75 Å². The van der Waals surface area contributed by atoms with E-state index in [1.165, 1.54) is 0 Å². The van der Waals surface area contributed by atoms with Gasteiger partial charge in [0, 0.05) is 25.7 Å². The van der Waals surface area contributed by atoms with E-state index in [1.807, 2.05) is 48.3 Å². The number of aromatic nitrogens is 4. The van der Waals surface area contributed by atoms with E-state index >= 15 is 0 Å². The van der Waals surface area contributed by atoms with Gasteiger partial charge in [-0.3, -0.25) is 4.79 Å². The molecule has 1 aliphatic heterocycles. The van der Waals surface area contributed by atoms with Gasteiger partial charge in [0.1, 0.15) is 17.9 Å². The van der Waals surface area contributed by atoms with Crippen molar-refractivity contribution >= 4 is 17.4 Å². The van der Waals surface area contributed by atoms with Crippen molar-refractivity contribution in [3.05, 3.63) is 48.3 Å². The maximum Gasteiger partial charge on any atom is 0.227 e. The molecule has 0 aliphatic carbocycles. The number of benzene rings is 1. The van der Waals surface area contributed by atoms with Gasteiger partial charge in [0.05, 0.1) is 19.6 Å². The van der Waals surface area contributed by atoms with Crippen LogP contribution in [0.4, 0.5) is 5.82 Å². The van der Waals surface area contributed by atoms with Crippen LogP contribution in [0.25, 0.3) is 5.65 Å². The maximum absolute atomic E-state index is 12.6. The molecule has 1 aliphatic rings. The largest absolute Gasteiger partial charge is 0.496 e. The van der Waals surface area contributed by atoms with Crippen molar-refractivity contribution in [2.45, 2.75) is 12.5 Å². The lowest BCUT2D eigenvalue weighted by atomic mass is 10.1. The Bertz CT molecular complexity index is 934. The topological polar surface area (TPSA) is 75.9 Å². The average Bonchev–Trinajstić information content (AvgIpc) is 3.08. The number of amides is 1. The van der Waals surface area contributed by atoms with Gasteiger partial charge in [-0.2, -0.15) is 4.52 Å². The highest BCUT2D eigenvalue weighted by Crippen LogP contribution is 2.23. The Labute approximate surface area is 151 Å². The second kappa shape index (κ2) is 6.62. The van der Waals surface area contributed by atoms with Crippen LogP contribution in [0.2, 0.25) is 0 Å². The van der Waals surface area contributed by atoms with Crippen molar-refractivity contribution in [1.82, 2.24) is 24.7 Å². The zero-order chi connectivity index (χ0) is 18.1. The zero-order valence-corrected chi connectivity index (χ0v) is 14.7. The van der Waals surface area contributed by atoms with E-state index in [2.05, 4.69) is 20.2 Å². The van der Waals surface area contributed by atoms with E-state index in [4.69, 9.17) is 4.74 Å². The molecular weight excluding hydrogens is 332 g/mol. The fraction of sp³-hybridized carbons (Fsp3) is 0.333. The molecule has 4 rings (SSSR count). The first kappa shape index (κ1) is 16.3. The molecule has 8 heteroatoms. The Morgan fingerprint density at radius 2 is 2.08 bits per heavy atom. The summed E-state index contributed by atoms with van der Waals surface area (Å²) in [6.45, 7) is 1.52. The summed E-state index contributed by atoms with van der Waals surface area (Å²) in [4.78, 5) is 16.6. The number of carbonyl (C=O) groups is 1. The summed E-state index contributed by atoms with van der Waals surface area (Å²) in [5.41, 5.74) is 1.62. The highest BCUT2D eigenvalue weighted by Gasteiger charge is 2.33. The lowest BCUT2D eigenvalue weighted by molar-refractivity contribution is -0.131. The fourth-order valence-electron chi connectivity index (χ4n) is 3.11. The van der Waals surface area contributed by atoms with Gasteiger partial charge in [-0.1, -0.05) is 18.2 Å². The van der Waals surface area contributed by atoms with Crippen LogP contribution in [-0.2, 0) is 11.2 Å². The van der Waals surface area contributed by atoms with Crippen LogP contribution in [0.1, 0.15) is 5.56 Å². The Balaban J connectivity index is 1.37. The number of hydrogen-bond acceptors (Lipinski definition) is 6. The van der Waals surface area contributed by atoms with Crippen molar-refractivity contribution in [3.63, 3.8) is 0 Å². The molecule has 3 aromatic rings. The third-order valence-electron chi connectivity index (χ3n) is 4.81. The number of methoxy groups -OCH3 is 1. The van der Waals surface area contributed by atoms with Gasteiger partial charge in [-0.15, -0.1) is 15.3 Å². The number of anilines is 1. The number of nitrogens with zero attached hydrogens (tertiary/aromatic N) is 6. The Hall–Kier alpha value is -3.16. The van der Waals surface area contributed by atoms with Gasteiger partial charge in [0.15, 0.2) is 5.65 Å². The summed E-state index contributed by atoms with van der Waals surface area (Å²) in [5.74, 6) is 1.69. The number of carbonyl (C=O) groups excluding carboxylic acids is 1. The number of para-hydroxylation sites is 1. The average molecular weight is 352 g/mol. The Kier molecular flexibility index (Phi) is 4.16. The van der Waals surface area contributed by atoms with Gasteiger partial charge in [0.2, 0.25) is 5.91 Å². The lowest BCUT2D eigenvalue weighted by Gasteiger charge is -2.44. The fourth-order valence-corrected chi connectivity index (χ4v) is 3.11. The molecule has 0 atom stereocenters. The highest BCUT2D eigenvalue weighted by molar-refractivity contribution is 5.80. The molecule has 1 amide bonds. The van der Waals surface area contributed by atoms with E-state index in [-0.39, 0.29) is 11.9 Å². The molecule has 0 saturated carbocycles. The zero-order valence-electron chi connectivity index (χ0n) is 14.7. The molecule has 134 valence electrons. The molecule has 0 spiro atoms. The molecule has 3 heterocycles. The summed E-state index contributed by atoms with van der Waals surface area (Å²) in [6.07, 6.45) is 1.92. The van der Waals surface area contributed by atoms with E-state index in [9.17, 15) is 4.79 Å². The summed E-state index contributed by atoms with van der Waals surface area (Å²) < 4.78 is 6.98. The molecule has 0 radical (unpaired) electrons. The first-order valence-electron chi connectivity index (χ1n) is 8.45. The molecule has 1 saturated heterocycles. The van der Waals surface area contributed by atoms with E-state index in [0.717, 1.165) is 35.9 Å². The normalized spacial score (nSPS) is 14.3.